The van der Waals surface area contributed by atoms with Crippen LogP contribution in [0.25, 0.3) is 0 Å². The summed E-state index contributed by atoms with van der Waals surface area (Å²) in [7, 11) is 1.12. The van der Waals surface area contributed by atoms with Crippen LogP contribution in [0.5, 0.6) is 0 Å². The molecule has 2 heteroatoms. The number of hydrogen-bond donors (Lipinski definition) is 1. The molecule has 1 nitrogen and oxygen atoms in total. The molecule has 0 aliphatic carbocycles. The molecule has 0 fully saturated rings. The Morgan fingerprint density at radius 1 is 1.10 bits per heavy atom. The van der Waals surface area contributed by atoms with Crippen LogP contribution in [0.2, 0.25) is 0 Å². The van der Waals surface area contributed by atoms with E-state index in [1.54, 1.807) is 0 Å². The first-order valence-electron chi connectivity index (χ1n) is 3.28. The number of rotatable bonds is 1. The van der Waals surface area contributed by atoms with E-state index < -0.39 is 0 Å². The van der Waals surface area contributed by atoms with Gasteiger partial charge in [0.15, 0.2) is 0 Å². The minimum atomic E-state index is 0.873. The highest BCUT2D eigenvalue weighted by Gasteiger charge is 1.94. The molecule has 0 saturated carbocycles. The van der Waals surface area contributed by atoms with E-state index >= 15 is 0 Å². The Balaban J connectivity index is 3.06. The highest BCUT2D eigenvalue weighted by Crippen LogP contribution is 1.98. The molecular formula is C8H10BO. The molecule has 51 valence electrons. The third kappa shape index (κ3) is 1.61. The molecule has 1 aromatic rings. The highest BCUT2D eigenvalue weighted by atomic mass is 16.2. The molecule has 0 amide bonds. The molecular weight excluding hydrogens is 123 g/mol. The van der Waals surface area contributed by atoms with Crippen molar-refractivity contribution in [2.75, 3.05) is 0 Å². The minimum Gasteiger partial charge on any atom is -0.450 e. The van der Waals surface area contributed by atoms with Crippen LogP contribution in [0.4, 0.5) is 0 Å². The second-order valence-electron chi connectivity index (χ2n) is 2.55. The number of benzene rings is 1. The van der Waals surface area contributed by atoms with E-state index in [9.17, 15) is 0 Å². The molecule has 0 saturated heterocycles. The van der Waals surface area contributed by atoms with Gasteiger partial charge in [-0.3, -0.25) is 0 Å². The summed E-state index contributed by atoms with van der Waals surface area (Å²) in [4.78, 5) is 0. The Hall–Kier alpha value is -0.755. The fourth-order valence-electron chi connectivity index (χ4n) is 1.08. The molecule has 0 aliphatic heterocycles. The Morgan fingerprint density at radius 2 is 1.60 bits per heavy atom. The molecule has 0 bridgehead atoms. The normalized spacial score (nSPS) is 9.50. The van der Waals surface area contributed by atoms with Gasteiger partial charge in [-0.2, -0.15) is 0 Å². The van der Waals surface area contributed by atoms with E-state index in [-0.39, 0.29) is 0 Å². The van der Waals surface area contributed by atoms with Crippen LogP contribution in [0.15, 0.2) is 18.2 Å². The van der Waals surface area contributed by atoms with Crippen LogP contribution >= 0.6 is 0 Å². The Bertz CT molecular complexity index is 212. The van der Waals surface area contributed by atoms with E-state index in [4.69, 9.17) is 5.02 Å². The highest BCUT2D eigenvalue weighted by molar-refractivity contribution is 6.45. The fraction of sp³-hybridized carbons (Fsp3) is 0.250. The molecule has 0 aliphatic rings. The van der Waals surface area contributed by atoms with Crippen molar-refractivity contribution in [1.29, 1.82) is 0 Å². The first kappa shape index (κ1) is 7.35. The summed E-state index contributed by atoms with van der Waals surface area (Å²) < 4.78 is 0. The maximum Gasteiger partial charge on any atom is 0.326 e. The van der Waals surface area contributed by atoms with Crippen molar-refractivity contribution in [3.05, 3.63) is 29.3 Å². The average Bonchev–Trinajstić information content (AvgIpc) is 1.85. The van der Waals surface area contributed by atoms with Crippen LogP contribution in [0.1, 0.15) is 11.1 Å². The van der Waals surface area contributed by atoms with Gasteiger partial charge < -0.3 is 5.02 Å². The summed E-state index contributed by atoms with van der Waals surface area (Å²) in [6.07, 6.45) is 0. The first-order valence-corrected chi connectivity index (χ1v) is 3.28. The molecule has 1 aromatic carbocycles. The molecule has 0 aromatic heterocycles. The van der Waals surface area contributed by atoms with Gasteiger partial charge in [0.2, 0.25) is 0 Å². The Morgan fingerprint density at radius 3 is 2.00 bits per heavy atom. The van der Waals surface area contributed by atoms with E-state index in [2.05, 4.69) is 6.07 Å². The molecule has 0 heterocycles. The van der Waals surface area contributed by atoms with Gasteiger partial charge in [0, 0.05) is 0 Å². The van der Waals surface area contributed by atoms with Crippen molar-refractivity contribution in [2.24, 2.45) is 0 Å². The third-order valence-electron chi connectivity index (χ3n) is 1.39. The molecule has 1 rings (SSSR count). The molecule has 0 unspecified atom stereocenters. The van der Waals surface area contributed by atoms with Crippen molar-refractivity contribution < 1.29 is 5.02 Å². The van der Waals surface area contributed by atoms with Gasteiger partial charge in [0.1, 0.15) is 0 Å². The predicted molar refractivity (Wildman–Crippen MR) is 43.5 cm³/mol. The first-order chi connectivity index (χ1) is 4.72. The lowest BCUT2D eigenvalue weighted by atomic mass is 9.86. The topological polar surface area (TPSA) is 20.2 Å². The van der Waals surface area contributed by atoms with Gasteiger partial charge in [-0.1, -0.05) is 34.8 Å². The lowest BCUT2D eigenvalue weighted by Crippen LogP contribution is -2.13. The van der Waals surface area contributed by atoms with E-state index in [0.29, 0.717) is 0 Å². The standard InChI is InChI=1S/C8H10BO/c1-6-3-7(2)5-8(4-6)9-10/h3-5,10H,1-2H3. The fourth-order valence-corrected chi connectivity index (χ4v) is 1.08. The zero-order valence-corrected chi connectivity index (χ0v) is 6.26. The summed E-state index contributed by atoms with van der Waals surface area (Å²) in [6, 6.07) is 5.95. The summed E-state index contributed by atoms with van der Waals surface area (Å²) in [5, 5.41) is 8.66. The smallest absolute Gasteiger partial charge is 0.326 e. The Labute approximate surface area is 62.0 Å². The van der Waals surface area contributed by atoms with Crippen molar-refractivity contribution in [3.8, 4) is 0 Å². The van der Waals surface area contributed by atoms with Crippen molar-refractivity contribution in [3.63, 3.8) is 0 Å². The lowest BCUT2D eigenvalue weighted by Gasteiger charge is -1.98. The largest absolute Gasteiger partial charge is 0.450 e. The van der Waals surface area contributed by atoms with Gasteiger partial charge in [-0.15, -0.1) is 0 Å². The summed E-state index contributed by atoms with van der Waals surface area (Å²) in [5.74, 6) is 0. The van der Waals surface area contributed by atoms with Gasteiger partial charge in [-0.05, 0) is 13.8 Å². The van der Waals surface area contributed by atoms with E-state index in [1.165, 1.54) is 11.1 Å². The monoisotopic (exact) mass is 133 g/mol. The SMILES string of the molecule is Cc1cc(C)cc([B]O)c1. The number of hydrogen-bond acceptors (Lipinski definition) is 1. The predicted octanol–water partition coefficient (Wildman–Crippen LogP) is 0.540. The van der Waals surface area contributed by atoms with Gasteiger partial charge >= 0.3 is 7.48 Å². The molecule has 10 heavy (non-hydrogen) atoms. The van der Waals surface area contributed by atoms with E-state index in [1.807, 2.05) is 26.0 Å². The van der Waals surface area contributed by atoms with Crippen LogP contribution in [0, 0.1) is 13.8 Å². The second kappa shape index (κ2) is 2.89. The summed E-state index contributed by atoms with van der Waals surface area (Å²) in [5.41, 5.74) is 3.23. The van der Waals surface area contributed by atoms with Gasteiger partial charge in [-0.25, -0.2) is 0 Å². The Kier molecular flexibility index (Phi) is 2.12. The zero-order chi connectivity index (χ0) is 7.56. The van der Waals surface area contributed by atoms with E-state index in [0.717, 1.165) is 12.9 Å². The lowest BCUT2D eigenvalue weighted by molar-refractivity contribution is 0.615. The minimum absolute atomic E-state index is 0.873. The number of aryl methyl sites for hydroxylation is 2. The quantitative estimate of drug-likeness (QED) is 0.554. The van der Waals surface area contributed by atoms with Crippen LogP contribution < -0.4 is 5.46 Å². The van der Waals surface area contributed by atoms with Gasteiger partial charge in [0.25, 0.3) is 0 Å². The molecule has 1 radical (unpaired) electrons. The molecule has 0 atom stereocenters. The molecule has 1 N–H and O–H groups in total. The van der Waals surface area contributed by atoms with Crippen LogP contribution in [-0.4, -0.2) is 12.5 Å². The molecule has 0 spiro atoms. The summed E-state index contributed by atoms with van der Waals surface area (Å²) in [6.45, 7) is 4.03. The van der Waals surface area contributed by atoms with Crippen molar-refractivity contribution in [2.45, 2.75) is 13.8 Å². The third-order valence-corrected chi connectivity index (χ3v) is 1.39. The van der Waals surface area contributed by atoms with Crippen molar-refractivity contribution >= 4 is 12.9 Å². The van der Waals surface area contributed by atoms with Crippen LogP contribution in [-0.2, 0) is 0 Å². The van der Waals surface area contributed by atoms with Crippen LogP contribution in [0.3, 0.4) is 0 Å². The average molecular weight is 133 g/mol. The maximum atomic E-state index is 8.66. The van der Waals surface area contributed by atoms with Crippen molar-refractivity contribution in [1.82, 2.24) is 0 Å². The summed E-state index contributed by atoms with van der Waals surface area (Å²) >= 11 is 0. The second-order valence-corrected chi connectivity index (χ2v) is 2.55. The maximum absolute atomic E-state index is 8.66. The zero-order valence-electron chi connectivity index (χ0n) is 6.26. The van der Waals surface area contributed by atoms with Gasteiger partial charge in [0.05, 0.1) is 0 Å².